The van der Waals surface area contributed by atoms with Crippen LogP contribution in [0, 0.1) is 6.57 Å². The maximum Gasteiger partial charge on any atom is 0.336 e. The lowest BCUT2D eigenvalue weighted by Crippen LogP contribution is -2.23. The molecular formula is C18H18N2O2. The van der Waals surface area contributed by atoms with Crippen LogP contribution in [0.1, 0.15) is 19.4 Å². The molecule has 4 nitrogen and oxygen atoms in total. The third-order valence-corrected chi connectivity index (χ3v) is 3.31. The van der Waals surface area contributed by atoms with Gasteiger partial charge in [-0.2, -0.15) is 0 Å². The molecule has 0 bridgehead atoms. The van der Waals surface area contributed by atoms with Crippen LogP contribution in [0.25, 0.3) is 10.9 Å². The first kappa shape index (κ1) is 15.6. The van der Waals surface area contributed by atoms with Crippen LogP contribution in [0.3, 0.4) is 0 Å². The Hall–Kier alpha value is -2.80. The number of hydrogen-bond donors (Lipinski definition) is 0. The second-order valence-corrected chi connectivity index (χ2v) is 4.61. The first-order valence-corrected chi connectivity index (χ1v) is 7.22. The summed E-state index contributed by atoms with van der Waals surface area (Å²) in [5, 5.41) is 0. The van der Waals surface area contributed by atoms with Gasteiger partial charge >= 0.3 is 5.97 Å². The van der Waals surface area contributed by atoms with Gasteiger partial charge < -0.3 is 9.64 Å². The molecule has 0 saturated heterocycles. The predicted molar refractivity (Wildman–Crippen MR) is 87.9 cm³/mol. The second kappa shape index (κ2) is 7.28. The first-order valence-electron chi connectivity index (χ1n) is 7.22. The molecule has 0 amide bonds. The van der Waals surface area contributed by atoms with Crippen molar-refractivity contribution in [1.82, 2.24) is 0 Å². The summed E-state index contributed by atoms with van der Waals surface area (Å²) in [6.45, 7) is 11.9. The number of likely N-dealkylation sites (N-methyl/N-ethyl adjacent to an activating group) is 1. The van der Waals surface area contributed by atoms with Crippen molar-refractivity contribution >= 4 is 17.7 Å². The molecule has 0 aliphatic carbocycles. The fourth-order valence-electron chi connectivity index (χ4n) is 2.30. The zero-order valence-corrected chi connectivity index (χ0v) is 12.7. The number of esters is 1. The van der Waals surface area contributed by atoms with E-state index >= 15 is 0 Å². The molecule has 4 heteroatoms. The van der Waals surface area contributed by atoms with E-state index in [0.717, 1.165) is 23.5 Å². The van der Waals surface area contributed by atoms with Gasteiger partial charge in [0, 0.05) is 17.9 Å². The number of ether oxygens (including phenoxy) is 1. The standard InChI is InChI=1S/C18H18N2O2/c1-4-20-15(11-10-14-8-6-7-9-17(14)20)12-13-16(19-3)18(21)22-5-2/h6-13H,4-5H2,1-2H3/b15-12-,16-13-. The van der Waals surface area contributed by atoms with Crippen molar-refractivity contribution in [2.45, 2.75) is 13.8 Å². The molecule has 0 spiro atoms. The minimum absolute atomic E-state index is 0.0161. The van der Waals surface area contributed by atoms with Gasteiger partial charge in [-0.05, 0) is 43.7 Å². The van der Waals surface area contributed by atoms with Gasteiger partial charge in [0.2, 0.25) is 0 Å². The van der Waals surface area contributed by atoms with Crippen LogP contribution >= 0.6 is 0 Å². The molecule has 1 aliphatic heterocycles. The topological polar surface area (TPSA) is 33.9 Å². The van der Waals surface area contributed by atoms with Gasteiger partial charge in [-0.15, -0.1) is 0 Å². The van der Waals surface area contributed by atoms with Crippen LogP contribution in [0.15, 0.2) is 53.9 Å². The third-order valence-electron chi connectivity index (χ3n) is 3.31. The lowest BCUT2D eigenvalue weighted by atomic mass is 10.1. The molecule has 0 saturated carbocycles. The zero-order valence-electron chi connectivity index (χ0n) is 12.7. The fourth-order valence-corrected chi connectivity index (χ4v) is 2.30. The minimum atomic E-state index is -0.586. The van der Waals surface area contributed by atoms with Crippen molar-refractivity contribution in [2.75, 3.05) is 18.1 Å². The largest absolute Gasteiger partial charge is 0.471 e. The predicted octanol–water partition coefficient (Wildman–Crippen LogP) is 3.79. The zero-order chi connectivity index (χ0) is 15.9. The van der Waals surface area contributed by atoms with Crippen LogP contribution in [0.5, 0.6) is 0 Å². The molecule has 0 unspecified atom stereocenters. The smallest absolute Gasteiger partial charge is 0.336 e. The molecule has 22 heavy (non-hydrogen) atoms. The fraction of sp³-hybridized carbons (Fsp3) is 0.222. The Bertz CT molecular complexity index is 693. The summed E-state index contributed by atoms with van der Waals surface area (Å²) in [5.74, 6) is -0.586. The molecule has 1 heterocycles. The molecule has 112 valence electrons. The van der Waals surface area contributed by atoms with Gasteiger partial charge in [0.05, 0.1) is 13.2 Å². The van der Waals surface area contributed by atoms with E-state index in [1.165, 1.54) is 6.08 Å². The number of carbonyl (C=O) groups excluding carboxylic acids is 1. The van der Waals surface area contributed by atoms with Gasteiger partial charge in [0.15, 0.2) is 0 Å². The number of nitrogens with zero attached hydrogens (tertiary/aromatic N) is 2. The summed E-state index contributed by atoms with van der Waals surface area (Å²) >= 11 is 0. The number of hydrogen-bond acceptors (Lipinski definition) is 3. The van der Waals surface area contributed by atoms with E-state index in [0.29, 0.717) is 0 Å². The highest BCUT2D eigenvalue weighted by Gasteiger charge is 2.15. The van der Waals surface area contributed by atoms with Gasteiger partial charge in [0.1, 0.15) is 0 Å². The first-order chi connectivity index (χ1) is 10.7. The number of benzene rings is 1. The molecule has 0 atom stereocenters. The Morgan fingerprint density at radius 3 is 2.77 bits per heavy atom. The van der Waals surface area contributed by atoms with Crippen molar-refractivity contribution < 1.29 is 9.53 Å². The molecule has 0 fully saturated rings. The van der Waals surface area contributed by atoms with E-state index in [-0.39, 0.29) is 12.3 Å². The highest BCUT2D eigenvalue weighted by Crippen LogP contribution is 2.30. The summed E-state index contributed by atoms with van der Waals surface area (Å²) in [7, 11) is 0. The van der Waals surface area contributed by atoms with Crippen molar-refractivity contribution in [1.29, 1.82) is 0 Å². The second-order valence-electron chi connectivity index (χ2n) is 4.61. The monoisotopic (exact) mass is 294 g/mol. The number of para-hydroxylation sites is 1. The van der Waals surface area contributed by atoms with Crippen molar-refractivity contribution in [2.24, 2.45) is 0 Å². The van der Waals surface area contributed by atoms with Crippen LogP contribution in [0.4, 0.5) is 5.69 Å². The van der Waals surface area contributed by atoms with Crippen LogP contribution < -0.4 is 4.90 Å². The SMILES string of the molecule is [C-]#[N+]/C(=C\C=C1\C=Cc2ccccc2N1CC)C(=O)OCC. The number of fused-ring (bicyclic) bond motifs is 1. The Balaban J connectivity index is 2.33. The van der Waals surface area contributed by atoms with Gasteiger partial charge in [-0.25, -0.2) is 4.85 Å². The van der Waals surface area contributed by atoms with Crippen molar-refractivity contribution in [3.8, 4) is 0 Å². The van der Waals surface area contributed by atoms with E-state index < -0.39 is 5.97 Å². The van der Waals surface area contributed by atoms with Gasteiger partial charge in [-0.3, -0.25) is 4.79 Å². The molecular weight excluding hydrogens is 276 g/mol. The van der Waals surface area contributed by atoms with Gasteiger partial charge in [-0.1, -0.05) is 24.3 Å². The molecule has 2 rings (SSSR count). The third kappa shape index (κ3) is 3.26. The van der Waals surface area contributed by atoms with E-state index in [1.54, 1.807) is 13.0 Å². The summed E-state index contributed by atoms with van der Waals surface area (Å²) in [4.78, 5) is 17.0. The Morgan fingerprint density at radius 2 is 2.09 bits per heavy atom. The Labute approximate surface area is 130 Å². The van der Waals surface area contributed by atoms with E-state index in [4.69, 9.17) is 11.3 Å². The number of anilines is 1. The molecule has 1 aromatic rings. The molecule has 0 radical (unpaired) electrons. The summed E-state index contributed by atoms with van der Waals surface area (Å²) in [6.07, 6.45) is 7.31. The van der Waals surface area contributed by atoms with Crippen molar-refractivity contribution in [3.63, 3.8) is 0 Å². The highest BCUT2D eigenvalue weighted by atomic mass is 16.5. The van der Waals surface area contributed by atoms with Gasteiger partial charge in [0.25, 0.3) is 5.70 Å². The number of allylic oxidation sites excluding steroid dienone is 3. The van der Waals surface area contributed by atoms with Crippen molar-refractivity contribution in [3.05, 3.63) is 70.9 Å². The molecule has 1 aromatic carbocycles. The molecule has 0 N–H and O–H groups in total. The molecule has 1 aliphatic rings. The molecule has 0 aromatic heterocycles. The minimum Gasteiger partial charge on any atom is -0.471 e. The Kier molecular flexibility index (Phi) is 5.16. The average Bonchev–Trinajstić information content (AvgIpc) is 2.55. The summed E-state index contributed by atoms with van der Waals surface area (Å²) in [6, 6.07) is 8.12. The van der Waals surface area contributed by atoms with Crippen LogP contribution in [0.2, 0.25) is 0 Å². The lowest BCUT2D eigenvalue weighted by Gasteiger charge is -2.29. The maximum atomic E-state index is 11.6. The number of carbonyl (C=O) groups is 1. The number of rotatable bonds is 4. The van der Waals surface area contributed by atoms with Crippen LogP contribution in [-0.2, 0) is 9.53 Å². The maximum absolute atomic E-state index is 11.6. The van der Waals surface area contributed by atoms with E-state index in [9.17, 15) is 4.79 Å². The Morgan fingerprint density at radius 1 is 1.32 bits per heavy atom. The lowest BCUT2D eigenvalue weighted by molar-refractivity contribution is -0.138. The average molecular weight is 294 g/mol. The quantitative estimate of drug-likeness (QED) is 0.481. The van der Waals surface area contributed by atoms with E-state index in [1.807, 2.05) is 24.3 Å². The summed E-state index contributed by atoms with van der Waals surface area (Å²) < 4.78 is 4.86. The highest BCUT2D eigenvalue weighted by molar-refractivity contribution is 5.90. The van der Waals surface area contributed by atoms with E-state index in [2.05, 4.69) is 28.8 Å². The van der Waals surface area contributed by atoms with Crippen LogP contribution in [-0.4, -0.2) is 19.1 Å². The summed E-state index contributed by atoms with van der Waals surface area (Å²) in [5.41, 5.74) is 3.19. The normalized spacial score (nSPS) is 15.4.